The Morgan fingerprint density at radius 2 is 1.10 bits per heavy atom. The number of rotatable bonds is 7. The molecule has 1 amide bonds. The minimum atomic E-state index is -0.594. The summed E-state index contributed by atoms with van der Waals surface area (Å²) in [4.78, 5) is 16.4. The Bertz CT molecular complexity index is 1980. The Labute approximate surface area is 291 Å². The SMILES string of the molecule is Cc1ccc(/C=C/C(=O)N2c3ccc(C(c4ccccc4)(c4ccccc4)c4ccccc4)cc3[C@@](C)(c3ccccc3)CC2(C)C)cc1. The third-order valence-electron chi connectivity index (χ3n) is 10.4. The van der Waals surface area contributed by atoms with Crippen molar-refractivity contribution in [3.63, 3.8) is 0 Å². The predicted octanol–water partition coefficient (Wildman–Crippen LogP) is 10.9. The van der Waals surface area contributed by atoms with Gasteiger partial charge < -0.3 is 4.90 Å². The number of benzene rings is 6. The van der Waals surface area contributed by atoms with Crippen molar-refractivity contribution in [2.75, 3.05) is 4.90 Å². The van der Waals surface area contributed by atoms with Gasteiger partial charge in [0.05, 0.1) is 5.41 Å². The molecule has 0 unspecified atom stereocenters. The molecule has 1 heterocycles. The van der Waals surface area contributed by atoms with Gasteiger partial charge in [0.2, 0.25) is 0 Å². The molecule has 0 bridgehead atoms. The van der Waals surface area contributed by atoms with Gasteiger partial charge in [0.15, 0.2) is 0 Å². The summed E-state index contributed by atoms with van der Waals surface area (Å²) in [5.41, 5.74) is 8.90. The van der Waals surface area contributed by atoms with Crippen LogP contribution in [0.25, 0.3) is 6.08 Å². The van der Waals surface area contributed by atoms with Crippen LogP contribution < -0.4 is 4.90 Å². The fourth-order valence-corrected chi connectivity index (χ4v) is 8.24. The first-order valence-corrected chi connectivity index (χ1v) is 17.2. The van der Waals surface area contributed by atoms with Crippen molar-refractivity contribution < 1.29 is 4.79 Å². The van der Waals surface area contributed by atoms with E-state index in [4.69, 9.17) is 0 Å². The lowest BCUT2D eigenvalue weighted by Gasteiger charge is -2.51. The molecule has 0 aliphatic carbocycles. The van der Waals surface area contributed by atoms with Gasteiger partial charge in [-0.05, 0) is 78.3 Å². The molecule has 0 N–H and O–H groups in total. The molecule has 2 heteroatoms. The van der Waals surface area contributed by atoms with Gasteiger partial charge in [-0.3, -0.25) is 4.79 Å². The van der Waals surface area contributed by atoms with Gasteiger partial charge in [0.1, 0.15) is 0 Å². The maximum absolute atomic E-state index is 14.3. The lowest BCUT2D eigenvalue weighted by atomic mass is 9.61. The lowest BCUT2D eigenvalue weighted by Crippen LogP contribution is -2.55. The third kappa shape index (κ3) is 5.72. The molecule has 49 heavy (non-hydrogen) atoms. The van der Waals surface area contributed by atoms with Crippen LogP contribution in [0, 0.1) is 6.92 Å². The van der Waals surface area contributed by atoms with Crippen LogP contribution in [0.15, 0.2) is 170 Å². The van der Waals surface area contributed by atoms with E-state index < -0.39 is 11.0 Å². The summed E-state index contributed by atoms with van der Waals surface area (Å²) in [5, 5.41) is 0. The Morgan fingerprint density at radius 3 is 1.61 bits per heavy atom. The summed E-state index contributed by atoms with van der Waals surface area (Å²) in [6.45, 7) is 8.83. The van der Waals surface area contributed by atoms with Crippen LogP contribution in [0.4, 0.5) is 5.69 Å². The molecule has 6 aromatic rings. The Morgan fingerprint density at radius 1 is 0.612 bits per heavy atom. The van der Waals surface area contributed by atoms with Crippen LogP contribution in [0.3, 0.4) is 0 Å². The number of hydrogen-bond donors (Lipinski definition) is 0. The lowest BCUT2D eigenvalue weighted by molar-refractivity contribution is -0.115. The summed E-state index contributed by atoms with van der Waals surface area (Å²) in [7, 11) is 0. The summed E-state index contributed by atoms with van der Waals surface area (Å²) in [6.07, 6.45) is 4.43. The highest BCUT2D eigenvalue weighted by Gasteiger charge is 2.49. The molecule has 1 aliphatic heterocycles. The van der Waals surface area contributed by atoms with Crippen molar-refractivity contribution in [2.24, 2.45) is 0 Å². The van der Waals surface area contributed by atoms with Gasteiger partial charge >= 0.3 is 0 Å². The van der Waals surface area contributed by atoms with Crippen molar-refractivity contribution in [1.82, 2.24) is 0 Å². The van der Waals surface area contributed by atoms with Crippen molar-refractivity contribution >= 4 is 17.7 Å². The number of fused-ring (bicyclic) bond motifs is 1. The fraction of sp³-hybridized carbons (Fsp3) is 0.170. The molecule has 1 atom stereocenters. The predicted molar refractivity (Wildman–Crippen MR) is 204 cm³/mol. The molecule has 1 aliphatic rings. The Balaban J connectivity index is 1.49. The molecule has 7 rings (SSSR count). The number of carbonyl (C=O) groups excluding carboxylic acids is 1. The van der Waals surface area contributed by atoms with Gasteiger partial charge in [0.25, 0.3) is 5.91 Å². The second-order valence-corrected chi connectivity index (χ2v) is 14.2. The number of hydrogen-bond acceptors (Lipinski definition) is 1. The average molecular weight is 638 g/mol. The zero-order chi connectivity index (χ0) is 34.1. The van der Waals surface area contributed by atoms with E-state index in [1.165, 1.54) is 33.4 Å². The first-order valence-electron chi connectivity index (χ1n) is 17.2. The number of anilines is 1. The smallest absolute Gasteiger partial charge is 0.251 e. The van der Waals surface area contributed by atoms with Crippen LogP contribution in [-0.4, -0.2) is 11.4 Å². The van der Waals surface area contributed by atoms with Crippen molar-refractivity contribution in [2.45, 2.75) is 50.5 Å². The highest BCUT2D eigenvalue weighted by atomic mass is 16.2. The zero-order valence-corrected chi connectivity index (χ0v) is 28.8. The van der Waals surface area contributed by atoms with Gasteiger partial charge in [-0.15, -0.1) is 0 Å². The molecule has 242 valence electrons. The van der Waals surface area contributed by atoms with Gasteiger partial charge in [-0.2, -0.15) is 0 Å². The standard InChI is InChI=1S/C47H43NO/c1-35-25-27-36(28-26-35)29-32-44(49)48-43-31-30-41(33-42(43)46(4,34-45(48,2)3)37-17-9-5-10-18-37)47(38-19-11-6-12-20-38,39-21-13-7-14-22-39)40-23-15-8-16-24-40/h5-33H,34H2,1-4H3/b32-29+/t46-/m1/s1. The van der Waals surface area contributed by atoms with Crippen LogP contribution >= 0.6 is 0 Å². The summed E-state index contributed by atoms with van der Waals surface area (Å²) < 4.78 is 0. The van der Waals surface area contributed by atoms with Crippen LogP contribution in [-0.2, 0) is 15.6 Å². The monoisotopic (exact) mass is 637 g/mol. The van der Waals surface area contributed by atoms with E-state index in [-0.39, 0.29) is 11.3 Å². The topological polar surface area (TPSA) is 20.3 Å². The fourth-order valence-electron chi connectivity index (χ4n) is 8.24. The first-order chi connectivity index (χ1) is 23.7. The third-order valence-corrected chi connectivity index (χ3v) is 10.4. The maximum Gasteiger partial charge on any atom is 0.251 e. The molecule has 0 saturated carbocycles. The van der Waals surface area contributed by atoms with E-state index in [2.05, 4.69) is 191 Å². The van der Waals surface area contributed by atoms with E-state index >= 15 is 0 Å². The second-order valence-electron chi connectivity index (χ2n) is 14.2. The molecule has 0 saturated heterocycles. The normalized spacial score (nSPS) is 17.1. The highest BCUT2D eigenvalue weighted by Crippen LogP contribution is 2.53. The van der Waals surface area contributed by atoms with Crippen molar-refractivity contribution in [3.8, 4) is 0 Å². The molecule has 6 aromatic carbocycles. The minimum absolute atomic E-state index is 0.0184. The molecule has 0 aromatic heterocycles. The van der Waals surface area contributed by atoms with E-state index in [9.17, 15) is 4.79 Å². The van der Waals surface area contributed by atoms with Crippen molar-refractivity contribution in [3.05, 3.63) is 214 Å². The van der Waals surface area contributed by atoms with E-state index in [0.29, 0.717) is 0 Å². The molecule has 2 nitrogen and oxygen atoms in total. The van der Waals surface area contributed by atoms with Crippen LogP contribution in [0.1, 0.15) is 71.7 Å². The number of amides is 1. The average Bonchev–Trinajstić information content (AvgIpc) is 3.13. The largest absolute Gasteiger partial charge is 0.303 e. The second kappa shape index (κ2) is 12.9. The van der Waals surface area contributed by atoms with Gasteiger partial charge in [-0.1, -0.05) is 170 Å². The number of carbonyl (C=O) groups is 1. The highest BCUT2D eigenvalue weighted by molar-refractivity contribution is 6.06. The number of aryl methyl sites for hydroxylation is 1. The number of nitrogens with zero attached hydrogens (tertiary/aromatic N) is 1. The van der Waals surface area contributed by atoms with Gasteiger partial charge in [-0.25, -0.2) is 0 Å². The van der Waals surface area contributed by atoms with Gasteiger partial charge in [0, 0.05) is 22.7 Å². The molecule has 0 spiro atoms. The minimum Gasteiger partial charge on any atom is -0.303 e. The summed E-state index contributed by atoms with van der Waals surface area (Å²) >= 11 is 0. The van der Waals surface area contributed by atoms with E-state index in [1.54, 1.807) is 6.08 Å². The molecule has 0 radical (unpaired) electrons. The first kappa shape index (κ1) is 32.1. The maximum atomic E-state index is 14.3. The van der Waals surface area contributed by atoms with E-state index in [1.807, 2.05) is 11.0 Å². The quantitative estimate of drug-likeness (QED) is 0.126. The van der Waals surface area contributed by atoms with Crippen LogP contribution in [0.2, 0.25) is 0 Å². The zero-order valence-electron chi connectivity index (χ0n) is 28.8. The van der Waals surface area contributed by atoms with E-state index in [0.717, 1.165) is 23.2 Å². The Kier molecular flexibility index (Phi) is 8.42. The molecular weight excluding hydrogens is 595 g/mol. The van der Waals surface area contributed by atoms with Crippen LogP contribution in [0.5, 0.6) is 0 Å². The summed E-state index contributed by atoms with van der Waals surface area (Å²) in [5.74, 6) is -0.0184. The Hall–Kier alpha value is -5.47. The molecule has 0 fully saturated rings. The van der Waals surface area contributed by atoms with Crippen molar-refractivity contribution in [1.29, 1.82) is 0 Å². The molecular formula is C47H43NO. The summed E-state index contributed by atoms with van der Waals surface area (Å²) in [6, 6.07) is 58.4.